The number of hydrogen-bond acceptors (Lipinski definition) is 3. The Morgan fingerprint density at radius 1 is 1.33 bits per heavy atom. The Morgan fingerprint density at radius 3 is 2.47 bits per heavy atom. The van der Waals surface area contributed by atoms with Crippen LogP contribution in [0.5, 0.6) is 0 Å². The number of benzene rings is 1. The minimum atomic E-state index is -1.38. The second kappa shape index (κ2) is 5.05. The molecule has 0 spiro atoms. The summed E-state index contributed by atoms with van der Waals surface area (Å²) in [6.45, 7) is 1.47. The molecule has 0 aliphatic heterocycles. The normalized spacial score (nSPS) is 14.6. The van der Waals surface area contributed by atoms with Gasteiger partial charge in [0.1, 0.15) is 5.60 Å². The average molecular weight is 208 g/mol. The van der Waals surface area contributed by atoms with E-state index in [0.29, 0.717) is 12.0 Å². The van der Waals surface area contributed by atoms with Crippen molar-refractivity contribution in [3.05, 3.63) is 35.9 Å². The third-order valence-electron chi connectivity index (χ3n) is 2.35. The van der Waals surface area contributed by atoms with Gasteiger partial charge in [-0.1, -0.05) is 30.3 Å². The molecule has 0 radical (unpaired) electrons. The number of aliphatic hydroxyl groups excluding tert-OH is 1. The number of aliphatic hydroxyl groups is 2. The van der Waals surface area contributed by atoms with Gasteiger partial charge in [0, 0.05) is 12.2 Å². The van der Waals surface area contributed by atoms with Gasteiger partial charge >= 0.3 is 0 Å². The third kappa shape index (κ3) is 3.15. The Balaban J connectivity index is 2.75. The number of ketones is 1. The molecule has 3 heteroatoms. The van der Waals surface area contributed by atoms with Crippen LogP contribution in [0.15, 0.2) is 30.3 Å². The van der Waals surface area contributed by atoms with Crippen LogP contribution in [-0.4, -0.2) is 28.2 Å². The van der Waals surface area contributed by atoms with Crippen LogP contribution in [0.25, 0.3) is 0 Å². The summed E-state index contributed by atoms with van der Waals surface area (Å²) in [5, 5.41) is 18.6. The van der Waals surface area contributed by atoms with Gasteiger partial charge in [-0.2, -0.15) is 0 Å². The summed E-state index contributed by atoms with van der Waals surface area (Å²) in [4.78, 5) is 11.8. The summed E-state index contributed by atoms with van der Waals surface area (Å²) in [6.07, 6.45) is 0.697. The highest BCUT2D eigenvalue weighted by atomic mass is 16.3. The minimum Gasteiger partial charge on any atom is -0.396 e. The molecule has 1 rings (SSSR count). The van der Waals surface area contributed by atoms with Crippen LogP contribution in [0.3, 0.4) is 0 Å². The van der Waals surface area contributed by atoms with Crippen LogP contribution < -0.4 is 0 Å². The predicted octanol–water partition coefficient (Wildman–Crippen LogP) is 1.39. The van der Waals surface area contributed by atoms with E-state index in [0.717, 1.165) is 0 Å². The van der Waals surface area contributed by atoms with Crippen LogP contribution in [0.4, 0.5) is 0 Å². The lowest BCUT2D eigenvalue weighted by molar-refractivity contribution is 0.0336. The van der Waals surface area contributed by atoms with E-state index in [1.807, 2.05) is 6.07 Å². The molecule has 0 amide bonds. The van der Waals surface area contributed by atoms with Crippen molar-refractivity contribution in [2.45, 2.75) is 25.4 Å². The van der Waals surface area contributed by atoms with E-state index in [9.17, 15) is 9.90 Å². The summed E-state index contributed by atoms with van der Waals surface area (Å²) in [6, 6.07) is 8.69. The SMILES string of the molecule is CC(O)(CCCO)C(=O)c1ccccc1. The van der Waals surface area contributed by atoms with E-state index in [2.05, 4.69) is 0 Å². The molecule has 1 aromatic rings. The summed E-state index contributed by atoms with van der Waals surface area (Å²) >= 11 is 0. The van der Waals surface area contributed by atoms with E-state index in [1.54, 1.807) is 24.3 Å². The van der Waals surface area contributed by atoms with Crippen molar-refractivity contribution in [1.82, 2.24) is 0 Å². The number of carbonyl (C=O) groups excluding carboxylic acids is 1. The van der Waals surface area contributed by atoms with Gasteiger partial charge in [-0.15, -0.1) is 0 Å². The van der Waals surface area contributed by atoms with E-state index in [1.165, 1.54) is 6.92 Å². The fourth-order valence-corrected chi connectivity index (χ4v) is 1.44. The van der Waals surface area contributed by atoms with Crippen LogP contribution in [0.2, 0.25) is 0 Å². The molecule has 0 saturated carbocycles. The van der Waals surface area contributed by atoms with Crippen molar-refractivity contribution in [2.75, 3.05) is 6.61 Å². The fourth-order valence-electron chi connectivity index (χ4n) is 1.44. The lowest BCUT2D eigenvalue weighted by Crippen LogP contribution is -2.35. The van der Waals surface area contributed by atoms with Gasteiger partial charge in [0.2, 0.25) is 0 Å². The highest BCUT2D eigenvalue weighted by Crippen LogP contribution is 2.18. The number of rotatable bonds is 5. The van der Waals surface area contributed by atoms with Crippen molar-refractivity contribution < 1.29 is 15.0 Å². The molecule has 2 N–H and O–H groups in total. The molecule has 3 nitrogen and oxygen atoms in total. The third-order valence-corrected chi connectivity index (χ3v) is 2.35. The molecule has 1 unspecified atom stereocenters. The maximum absolute atomic E-state index is 11.8. The van der Waals surface area contributed by atoms with Crippen LogP contribution in [-0.2, 0) is 0 Å². The van der Waals surface area contributed by atoms with E-state index < -0.39 is 5.60 Å². The molecule has 0 fully saturated rings. The highest BCUT2D eigenvalue weighted by Gasteiger charge is 2.30. The molecule has 0 bridgehead atoms. The Hall–Kier alpha value is -1.19. The molecular weight excluding hydrogens is 192 g/mol. The Morgan fingerprint density at radius 2 is 1.93 bits per heavy atom. The molecule has 1 aromatic carbocycles. The zero-order chi connectivity index (χ0) is 11.3. The number of hydrogen-bond donors (Lipinski definition) is 2. The first-order valence-corrected chi connectivity index (χ1v) is 5.01. The second-order valence-electron chi connectivity index (χ2n) is 3.80. The summed E-state index contributed by atoms with van der Waals surface area (Å²) in [5.74, 6) is -0.295. The molecular formula is C12H16O3. The summed E-state index contributed by atoms with van der Waals surface area (Å²) < 4.78 is 0. The van der Waals surface area contributed by atoms with Gasteiger partial charge < -0.3 is 10.2 Å². The van der Waals surface area contributed by atoms with Crippen LogP contribution in [0, 0.1) is 0 Å². The van der Waals surface area contributed by atoms with E-state index >= 15 is 0 Å². The Bertz CT molecular complexity index is 317. The lowest BCUT2D eigenvalue weighted by Gasteiger charge is -2.21. The van der Waals surface area contributed by atoms with Crippen molar-refractivity contribution in [3.63, 3.8) is 0 Å². The maximum Gasteiger partial charge on any atom is 0.194 e. The standard InChI is InChI=1S/C12H16O3/c1-12(15,8-5-9-13)11(14)10-6-3-2-4-7-10/h2-4,6-7,13,15H,5,8-9H2,1H3. The lowest BCUT2D eigenvalue weighted by atomic mass is 9.90. The van der Waals surface area contributed by atoms with Gasteiger partial charge in [0.25, 0.3) is 0 Å². The summed E-state index contributed by atoms with van der Waals surface area (Å²) in [7, 11) is 0. The second-order valence-corrected chi connectivity index (χ2v) is 3.80. The smallest absolute Gasteiger partial charge is 0.194 e. The first kappa shape index (κ1) is 11.9. The van der Waals surface area contributed by atoms with Gasteiger partial charge in [-0.3, -0.25) is 4.79 Å². The van der Waals surface area contributed by atoms with Crippen molar-refractivity contribution in [3.8, 4) is 0 Å². The predicted molar refractivity (Wildman–Crippen MR) is 57.7 cm³/mol. The highest BCUT2D eigenvalue weighted by molar-refractivity contribution is 6.01. The Labute approximate surface area is 89.4 Å². The van der Waals surface area contributed by atoms with Gasteiger partial charge in [-0.05, 0) is 19.8 Å². The molecule has 15 heavy (non-hydrogen) atoms. The first-order chi connectivity index (χ1) is 7.08. The Kier molecular flexibility index (Phi) is 4.00. The fraction of sp³-hybridized carbons (Fsp3) is 0.417. The van der Waals surface area contributed by atoms with Gasteiger partial charge in [0.15, 0.2) is 5.78 Å². The molecule has 0 aliphatic rings. The molecule has 82 valence electrons. The molecule has 0 heterocycles. The van der Waals surface area contributed by atoms with Crippen LogP contribution >= 0.6 is 0 Å². The summed E-state index contributed by atoms with van der Waals surface area (Å²) in [5.41, 5.74) is -0.884. The van der Waals surface area contributed by atoms with Gasteiger partial charge in [0.05, 0.1) is 0 Å². The zero-order valence-electron chi connectivity index (χ0n) is 8.81. The average Bonchev–Trinajstić information content (AvgIpc) is 2.26. The monoisotopic (exact) mass is 208 g/mol. The molecule has 1 atom stereocenters. The zero-order valence-corrected chi connectivity index (χ0v) is 8.81. The first-order valence-electron chi connectivity index (χ1n) is 5.01. The van der Waals surface area contributed by atoms with Gasteiger partial charge in [-0.25, -0.2) is 0 Å². The van der Waals surface area contributed by atoms with Crippen molar-refractivity contribution in [2.24, 2.45) is 0 Å². The van der Waals surface area contributed by atoms with Crippen molar-refractivity contribution >= 4 is 5.78 Å². The van der Waals surface area contributed by atoms with Crippen LogP contribution in [0.1, 0.15) is 30.1 Å². The number of carbonyl (C=O) groups is 1. The van der Waals surface area contributed by atoms with Crippen molar-refractivity contribution in [1.29, 1.82) is 0 Å². The molecule has 0 aliphatic carbocycles. The molecule has 0 saturated heterocycles. The quantitative estimate of drug-likeness (QED) is 0.719. The number of Topliss-reactive ketones (excluding diaryl/α,β-unsaturated/α-hetero) is 1. The van der Waals surface area contributed by atoms with E-state index in [4.69, 9.17) is 5.11 Å². The topological polar surface area (TPSA) is 57.5 Å². The largest absolute Gasteiger partial charge is 0.396 e. The molecule has 0 aromatic heterocycles. The minimum absolute atomic E-state index is 0.0157. The van der Waals surface area contributed by atoms with E-state index in [-0.39, 0.29) is 18.8 Å². The maximum atomic E-state index is 11.8.